The van der Waals surface area contributed by atoms with Crippen LogP contribution in [0, 0.1) is 6.92 Å². The van der Waals surface area contributed by atoms with Crippen molar-refractivity contribution in [3.8, 4) is 5.75 Å². The molecule has 0 aliphatic carbocycles. The van der Waals surface area contributed by atoms with E-state index in [-0.39, 0.29) is 0 Å². The van der Waals surface area contributed by atoms with Gasteiger partial charge in [-0.3, -0.25) is 4.79 Å². The van der Waals surface area contributed by atoms with E-state index in [1.54, 1.807) is 0 Å². The molecule has 1 rings (SSSR count). The summed E-state index contributed by atoms with van der Waals surface area (Å²) >= 11 is 4.36. The van der Waals surface area contributed by atoms with E-state index in [0.29, 0.717) is 12.2 Å². The van der Waals surface area contributed by atoms with Crippen LogP contribution in [0.25, 0.3) is 0 Å². The van der Waals surface area contributed by atoms with Crippen LogP contribution in [-0.4, -0.2) is 6.47 Å². The van der Waals surface area contributed by atoms with Gasteiger partial charge in [0.2, 0.25) is 0 Å². The highest BCUT2D eigenvalue weighted by Crippen LogP contribution is 2.26. The Morgan fingerprint density at radius 3 is 2.80 bits per heavy atom. The number of hydrogen-bond donors (Lipinski definition) is 1. The number of carbonyl (C=O) groups is 1. The molecule has 0 aliphatic heterocycles. The van der Waals surface area contributed by atoms with Gasteiger partial charge < -0.3 is 4.74 Å². The van der Waals surface area contributed by atoms with Crippen molar-refractivity contribution < 1.29 is 9.53 Å². The van der Waals surface area contributed by atoms with Crippen molar-refractivity contribution in [3.63, 3.8) is 0 Å². The van der Waals surface area contributed by atoms with Crippen LogP contribution in [0.15, 0.2) is 17.0 Å². The molecule has 0 aromatic heterocycles. The van der Waals surface area contributed by atoms with E-state index in [2.05, 4.69) is 19.6 Å². The predicted octanol–water partition coefficient (Wildman–Crippen LogP) is 3.16. The zero-order valence-corrected chi connectivity index (χ0v) is 10.0. The Balaban J connectivity index is 2.98. The Labute approximate surface area is 96.1 Å². The summed E-state index contributed by atoms with van der Waals surface area (Å²) < 4.78 is 4.96. The first-order valence-electron chi connectivity index (χ1n) is 5.11. The molecule has 0 bridgehead atoms. The zero-order valence-electron chi connectivity index (χ0n) is 9.12. The van der Waals surface area contributed by atoms with Crippen molar-refractivity contribution in [1.29, 1.82) is 0 Å². The summed E-state index contributed by atoms with van der Waals surface area (Å²) in [4.78, 5) is 11.3. The molecule has 0 amide bonds. The molecule has 1 aromatic rings. The minimum absolute atomic E-state index is 0.475. The van der Waals surface area contributed by atoms with E-state index in [0.717, 1.165) is 35.3 Å². The van der Waals surface area contributed by atoms with Gasteiger partial charge in [-0.25, -0.2) is 0 Å². The summed E-state index contributed by atoms with van der Waals surface area (Å²) in [6.45, 7) is 4.56. The SMILES string of the molecule is CCCCc1cc(S)c(C)cc1OC=O. The standard InChI is InChI=1S/C12H16O2S/c1-3-4-5-10-7-12(15)9(2)6-11(10)14-8-13/h6-8,15H,3-5H2,1-2H3. The zero-order chi connectivity index (χ0) is 11.3. The fraction of sp³-hybridized carbons (Fsp3) is 0.417. The van der Waals surface area contributed by atoms with Crippen molar-refractivity contribution in [3.05, 3.63) is 23.3 Å². The molecular formula is C12H16O2S. The van der Waals surface area contributed by atoms with E-state index in [4.69, 9.17) is 4.74 Å². The van der Waals surface area contributed by atoms with Crippen LogP contribution >= 0.6 is 12.6 Å². The summed E-state index contributed by atoms with van der Waals surface area (Å²) in [5, 5.41) is 0. The van der Waals surface area contributed by atoms with Crippen LogP contribution in [0.4, 0.5) is 0 Å². The topological polar surface area (TPSA) is 26.3 Å². The van der Waals surface area contributed by atoms with Gasteiger partial charge >= 0.3 is 0 Å². The summed E-state index contributed by atoms with van der Waals surface area (Å²) in [5.41, 5.74) is 2.08. The third-order valence-electron chi connectivity index (χ3n) is 2.35. The number of carbonyl (C=O) groups excluding carboxylic acids is 1. The quantitative estimate of drug-likeness (QED) is 0.614. The van der Waals surface area contributed by atoms with Crippen molar-refractivity contribution >= 4 is 19.1 Å². The second kappa shape index (κ2) is 5.81. The largest absolute Gasteiger partial charge is 0.428 e. The van der Waals surface area contributed by atoms with Crippen molar-refractivity contribution in [2.75, 3.05) is 0 Å². The lowest BCUT2D eigenvalue weighted by Gasteiger charge is -2.09. The van der Waals surface area contributed by atoms with Gasteiger partial charge in [-0.1, -0.05) is 13.3 Å². The molecule has 0 fully saturated rings. The molecule has 15 heavy (non-hydrogen) atoms. The second-order valence-electron chi connectivity index (χ2n) is 3.56. The fourth-order valence-electron chi connectivity index (χ4n) is 1.44. The maximum Gasteiger partial charge on any atom is 0.298 e. The number of thiol groups is 1. The number of rotatable bonds is 5. The highest BCUT2D eigenvalue weighted by molar-refractivity contribution is 7.80. The van der Waals surface area contributed by atoms with Crippen LogP contribution in [0.5, 0.6) is 5.75 Å². The molecule has 1 aromatic carbocycles. The minimum Gasteiger partial charge on any atom is -0.428 e. The molecule has 0 unspecified atom stereocenters. The second-order valence-corrected chi connectivity index (χ2v) is 4.05. The smallest absolute Gasteiger partial charge is 0.298 e. The Morgan fingerprint density at radius 1 is 1.47 bits per heavy atom. The van der Waals surface area contributed by atoms with Gasteiger partial charge in [0, 0.05) is 4.90 Å². The molecule has 2 nitrogen and oxygen atoms in total. The average molecular weight is 224 g/mol. The molecule has 0 heterocycles. The third kappa shape index (κ3) is 3.27. The highest BCUT2D eigenvalue weighted by Gasteiger charge is 2.06. The number of ether oxygens (including phenoxy) is 1. The Morgan fingerprint density at radius 2 is 2.20 bits per heavy atom. The molecule has 0 atom stereocenters. The number of hydrogen-bond acceptors (Lipinski definition) is 3. The van der Waals surface area contributed by atoms with Gasteiger partial charge in [0.15, 0.2) is 0 Å². The van der Waals surface area contributed by atoms with E-state index < -0.39 is 0 Å². The van der Waals surface area contributed by atoms with Crippen molar-refractivity contribution in [2.45, 2.75) is 38.0 Å². The summed E-state index contributed by atoms with van der Waals surface area (Å²) in [5.74, 6) is 0.661. The predicted molar refractivity (Wildman–Crippen MR) is 63.7 cm³/mol. The first kappa shape index (κ1) is 12.1. The molecule has 82 valence electrons. The minimum atomic E-state index is 0.475. The highest BCUT2D eigenvalue weighted by atomic mass is 32.1. The molecule has 0 saturated carbocycles. The van der Waals surface area contributed by atoms with Crippen LogP contribution < -0.4 is 4.74 Å². The van der Waals surface area contributed by atoms with Gasteiger partial charge in [-0.2, -0.15) is 0 Å². The lowest BCUT2D eigenvalue weighted by molar-refractivity contribution is -0.120. The maximum absolute atomic E-state index is 10.4. The van der Waals surface area contributed by atoms with Crippen molar-refractivity contribution in [1.82, 2.24) is 0 Å². The third-order valence-corrected chi connectivity index (χ3v) is 2.84. The Bertz CT molecular complexity index is 348. The van der Waals surface area contributed by atoms with Gasteiger partial charge in [-0.05, 0) is 43.0 Å². The van der Waals surface area contributed by atoms with Crippen LogP contribution in [0.3, 0.4) is 0 Å². The van der Waals surface area contributed by atoms with E-state index in [1.807, 2.05) is 19.1 Å². The van der Waals surface area contributed by atoms with E-state index in [1.165, 1.54) is 0 Å². The van der Waals surface area contributed by atoms with E-state index in [9.17, 15) is 4.79 Å². The van der Waals surface area contributed by atoms with Crippen LogP contribution in [0.1, 0.15) is 30.9 Å². The Hall–Kier alpha value is -0.960. The average Bonchev–Trinajstić information content (AvgIpc) is 2.21. The molecule has 0 N–H and O–H groups in total. The van der Waals surface area contributed by atoms with Crippen molar-refractivity contribution in [2.24, 2.45) is 0 Å². The summed E-state index contributed by atoms with van der Waals surface area (Å²) in [7, 11) is 0. The van der Waals surface area contributed by atoms with E-state index >= 15 is 0 Å². The number of unbranched alkanes of at least 4 members (excludes halogenated alkanes) is 1. The molecule has 0 radical (unpaired) electrons. The van der Waals surface area contributed by atoms with Gasteiger partial charge in [-0.15, -0.1) is 12.6 Å². The van der Waals surface area contributed by atoms with Gasteiger partial charge in [0.05, 0.1) is 0 Å². The monoisotopic (exact) mass is 224 g/mol. The summed E-state index contributed by atoms with van der Waals surface area (Å²) in [6.07, 6.45) is 3.13. The first-order valence-corrected chi connectivity index (χ1v) is 5.56. The number of aryl methyl sites for hydroxylation is 2. The molecule has 0 spiro atoms. The van der Waals surface area contributed by atoms with Gasteiger partial charge in [0.1, 0.15) is 5.75 Å². The molecule has 3 heteroatoms. The lowest BCUT2D eigenvalue weighted by atomic mass is 10.1. The normalized spacial score (nSPS) is 10.1. The first-order chi connectivity index (χ1) is 7.19. The lowest BCUT2D eigenvalue weighted by Crippen LogP contribution is -1.96. The fourth-order valence-corrected chi connectivity index (χ4v) is 1.66. The number of benzene rings is 1. The van der Waals surface area contributed by atoms with Crippen LogP contribution in [0.2, 0.25) is 0 Å². The molecule has 0 saturated heterocycles. The summed E-state index contributed by atoms with van der Waals surface area (Å²) in [6, 6.07) is 3.84. The molecular weight excluding hydrogens is 208 g/mol. The molecule has 0 aliphatic rings. The Kier molecular flexibility index (Phi) is 4.69. The van der Waals surface area contributed by atoms with Crippen LogP contribution in [-0.2, 0) is 11.2 Å². The maximum atomic E-state index is 10.4. The van der Waals surface area contributed by atoms with Gasteiger partial charge in [0.25, 0.3) is 6.47 Å².